The summed E-state index contributed by atoms with van der Waals surface area (Å²) in [6, 6.07) is 68.0. The molecular weight excluding hydrogens is 856 g/mol. The van der Waals surface area contributed by atoms with E-state index in [4.69, 9.17) is 0 Å². The summed E-state index contributed by atoms with van der Waals surface area (Å²) >= 11 is 0. The lowest BCUT2D eigenvalue weighted by Crippen LogP contribution is -2.16. The van der Waals surface area contributed by atoms with Crippen LogP contribution in [-0.4, -0.2) is 9.13 Å². The standard InChI is InChI=1S/C61H37F5N2/c62-51-22-13-23-52(63)59(51)46-36-57(67-53-32-42(38-14-5-1-6-15-38)24-28-47(53)48-29-25-43(33-54(48)67)39-16-7-2-8-17-39)60(61(64,65)66)58(37-46)68-55-34-44(40-18-9-3-10-19-40)26-30-49(55)50-31-27-45(35-56(50)68)41-20-11-4-12-21-41/h1-37H. The molecule has 68 heavy (non-hydrogen) atoms. The normalized spacial score (nSPS) is 11.9. The number of alkyl halides is 3. The molecule has 12 rings (SSSR count). The summed E-state index contributed by atoms with van der Waals surface area (Å²) in [4.78, 5) is 0. The zero-order valence-electron chi connectivity index (χ0n) is 36.1. The Morgan fingerprint density at radius 3 is 0.853 bits per heavy atom. The van der Waals surface area contributed by atoms with Crippen LogP contribution >= 0.6 is 0 Å². The maximum atomic E-state index is 17.0. The van der Waals surface area contributed by atoms with Gasteiger partial charge in [0.25, 0.3) is 0 Å². The lowest BCUT2D eigenvalue weighted by Gasteiger charge is -2.23. The van der Waals surface area contributed by atoms with Crippen molar-refractivity contribution in [1.82, 2.24) is 9.13 Å². The van der Waals surface area contributed by atoms with Crippen molar-refractivity contribution in [1.29, 1.82) is 0 Å². The average Bonchev–Trinajstić information content (AvgIpc) is 3.88. The summed E-state index contributed by atoms with van der Waals surface area (Å²) in [5, 5.41) is 2.86. The molecule has 0 aliphatic rings. The third-order valence-electron chi connectivity index (χ3n) is 13.1. The van der Waals surface area contributed by atoms with Gasteiger partial charge < -0.3 is 9.13 Å². The van der Waals surface area contributed by atoms with Crippen LogP contribution in [0.5, 0.6) is 0 Å². The molecule has 2 heterocycles. The Labute approximate surface area is 388 Å². The number of fused-ring (bicyclic) bond motifs is 6. The number of halogens is 5. The van der Waals surface area contributed by atoms with Gasteiger partial charge in [0.15, 0.2) is 0 Å². The van der Waals surface area contributed by atoms with Crippen LogP contribution in [0.15, 0.2) is 224 Å². The van der Waals surface area contributed by atoms with Gasteiger partial charge in [-0.1, -0.05) is 176 Å². The first-order valence-electron chi connectivity index (χ1n) is 22.3. The summed E-state index contributed by atoms with van der Waals surface area (Å²) in [5.74, 6) is -1.80. The third kappa shape index (κ3) is 6.85. The van der Waals surface area contributed by atoms with Crippen LogP contribution in [-0.2, 0) is 6.18 Å². The Bertz CT molecular complexity index is 3460. The Morgan fingerprint density at radius 2 is 0.574 bits per heavy atom. The fourth-order valence-electron chi connectivity index (χ4n) is 9.97. The molecule has 0 amide bonds. The predicted molar refractivity (Wildman–Crippen MR) is 267 cm³/mol. The monoisotopic (exact) mass is 892 g/mol. The van der Waals surface area contributed by atoms with Gasteiger partial charge in [-0.15, -0.1) is 0 Å². The first-order chi connectivity index (χ1) is 33.2. The second-order valence-corrected chi connectivity index (χ2v) is 17.0. The minimum atomic E-state index is -5.01. The molecule has 0 aliphatic carbocycles. The number of nitrogens with zero attached hydrogens (tertiary/aromatic N) is 2. The van der Waals surface area contributed by atoms with Gasteiger partial charge in [0.1, 0.15) is 17.2 Å². The number of benzene rings is 10. The first-order valence-corrected chi connectivity index (χ1v) is 22.3. The van der Waals surface area contributed by atoms with Gasteiger partial charge in [0.2, 0.25) is 0 Å². The van der Waals surface area contributed by atoms with Gasteiger partial charge in [-0.25, -0.2) is 8.78 Å². The van der Waals surface area contributed by atoms with Crippen LogP contribution < -0.4 is 0 Å². The average molecular weight is 893 g/mol. The lowest BCUT2D eigenvalue weighted by atomic mass is 9.97. The van der Waals surface area contributed by atoms with E-state index in [0.29, 0.717) is 43.6 Å². The van der Waals surface area contributed by atoms with E-state index >= 15 is 22.0 Å². The maximum absolute atomic E-state index is 17.0. The van der Waals surface area contributed by atoms with E-state index < -0.39 is 28.9 Å². The smallest absolute Gasteiger partial charge is 0.308 e. The van der Waals surface area contributed by atoms with Crippen LogP contribution in [0.2, 0.25) is 0 Å². The van der Waals surface area contributed by atoms with Crippen molar-refractivity contribution < 1.29 is 22.0 Å². The molecule has 0 unspecified atom stereocenters. The van der Waals surface area contributed by atoms with E-state index in [1.807, 2.05) is 194 Å². The maximum Gasteiger partial charge on any atom is 0.420 e. The fraction of sp³-hybridized carbons (Fsp3) is 0.0164. The SMILES string of the molecule is Fc1cccc(F)c1-c1cc(-n2c3cc(-c4ccccc4)ccc3c3ccc(-c4ccccc4)cc32)c(C(F)(F)F)c(-n2c3cc(-c4ccccc4)ccc3c3ccc(-c4ccccc4)cc32)c1. The second kappa shape index (κ2) is 16.1. The summed E-state index contributed by atoms with van der Waals surface area (Å²) in [6.45, 7) is 0. The highest BCUT2D eigenvalue weighted by Gasteiger charge is 2.40. The van der Waals surface area contributed by atoms with Crippen molar-refractivity contribution in [3.05, 3.63) is 242 Å². The topological polar surface area (TPSA) is 9.86 Å². The molecule has 10 aromatic carbocycles. The van der Waals surface area contributed by atoms with Gasteiger partial charge in [-0.3, -0.25) is 0 Å². The highest BCUT2D eigenvalue weighted by Crippen LogP contribution is 2.48. The highest BCUT2D eigenvalue weighted by molar-refractivity contribution is 6.13. The van der Waals surface area contributed by atoms with E-state index in [1.54, 1.807) is 9.13 Å². The molecule has 2 aromatic heterocycles. The van der Waals surface area contributed by atoms with Gasteiger partial charge in [0.05, 0.1) is 39.0 Å². The number of rotatable bonds is 7. The second-order valence-electron chi connectivity index (χ2n) is 17.0. The molecule has 0 atom stereocenters. The summed E-state index contributed by atoms with van der Waals surface area (Å²) in [5.41, 5.74) is 6.63. The lowest BCUT2D eigenvalue weighted by molar-refractivity contribution is -0.137. The minimum Gasteiger partial charge on any atom is -0.308 e. The van der Waals surface area contributed by atoms with Crippen molar-refractivity contribution in [2.24, 2.45) is 0 Å². The van der Waals surface area contributed by atoms with Crippen molar-refractivity contribution in [3.63, 3.8) is 0 Å². The molecule has 0 bridgehead atoms. The summed E-state index contributed by atoms with van der Waals surface area (Å²) < 4.78 is 86.9. The number of aromatic nitrogens is 2. The first kappa shape index (κ1) is 40.9. The van der Waals surface area contributed by atoms with Gasteiger partial charge in [-0.05, 0) is 98.6 Å². The zero-order valence-corrected chi connectivity index (χ0v) is 36.1. The Hall–Kier alpha value is -8.55. The van der Waals surface area contributed by atoms with Gasteiger partial charge in [-0.2, -0.15) is 13.2 Å². The quantitative estimate of drug-likeness (QED) is 0.141. The highest BCUT2D eigenvalue weighted by atomic mass is 19.4. The molecule has 0 saturated heterocycles. The molecule has 0 saturated carbocycles. The van der Waals surface area contributed by atoms with Crippen molar-refractivity contribution in [3.8, 4) is 67.0 Å². The predicted octanol–water partition coefficient (Wildman–Crippen LogP) is 17.5. The third-order valence-corrected chi connectivity index (χ3v) is 13.1. The number of hydrogen-bond donors (Lipinski definition) is 0. The van der Waals surface area contributed by atoms with E-state index in [-0.39, 0.29) is 16.9 Å². The largest absolute Gasteiger partial charge is 0.420 e. The van der Waals surface area contributed by atoms with Crippen LogP contribution in [0.25, 0.3) is 111 Å². The van der Waals surface area contributed by atoms with Crippen molar-refractivity contribution in [2.45, 2.75) is 6.18 Å². The molecule has 0 fully saturated rings. The fourth-order valence-corrected chi connectivity index (χ4v) is 9.97. The van der Waals surface area contributed by atoms with Gasteiger partial charge >= 0.3 is 6.18 Å². The molecular formula is C61H37F5N2. The van der Waals surface area contributed by atoms with Gasteiger partial charge in [0, 0.05) is 21.5 Å². The molecule has 0 radical (unpaired) electrons. The molecule has 0 N–H and O–H groups in total. The molecule has 2 nitrogen and oxygen atoms in total. The number of hydrogen-bond acceptors (Lipinski definition) is 0. The van der Waals surface area contributed by atoms with Crippen LogP contribution in [0.4, 0.5) is 22.0 Å². The van der Waals surface area contributed by atoms with E-state index in [2.05, 4.69) is 0 Å². The summed E-state index contributed by atoms with van der Waals surface area (Å²) in [6.07, 6.45) is -5.01. The molecule has 0 aliphatic heterocycles. The Kier molecular flexibility index (Phi) is 9.69. The van der Waals surface area contributed by atoms with E-state index in [0.717, 1.165) is 56.6 Å². The Balaban J connectivity index is 1.27. The molecule has 12 aromatic rings. The summed E-state index contributed by atoms with van der Waals surface area (Å²) in [7, 11) is 0. The van der Waals surface area contributed by atoms with E-state index in [1.165, 1.54) is 18.2 Å². The minimum absolute atomic E-state index is 0.0551. The van der Waals surface area contributed by atoms with Crippen LogP contribution in [0.1, 0.15) is 5.56 Å². The van der Waals surface area contributed by atoms with Crippen molar-refractivity contribution >= 4 is 43.6 Å². The molecule has 7 heteroatoms. The van der Waals surface area contributed by atoms with Crippen molar-refractivity contribution in [2.75, 3.05) is 0 Å². The zero-order chi connectivity index (χ0) is 46.1. The van der Waals surface area contributed by atoms with Crippen LogP contribution in [0, 0.1) is 11.6 Å². The van der Waals surface area contributed by atoms with Crippen LogP contribution in [0.3, 0.4) is 0 Å². The Morgan fingerprint density at radius 1 is 0.279 bits per heavy atom. The molecule has 326 valence electrons. The molecule has 0 spiro atoms. The van der Waals surface area contributed by atoms with E-state index in [9.17, 15) is 0 Å².